The van der Waals surface area contributed by atoms with E-state index in [0.717, 1.165) is 11.3 Å². The molecule has 0 aromatic heterocycles. The van der Waals surface area contributed by atoms with E-state index in [1.807, 2.05) is 31.2 Å². The zero-order valence-electron chi connectivity index (χ0n) is 10.9. The number of fused-ring (bicyclic) bond motifs is 1. The Morgan fingerprint density at radius 2 is 2.16 bits per heavy atom. The molecule has 19 heavy (non-hydrogen) atoms. The third kappa shape index (κ3) is 3.61. The van der Waals surface area contributed by atoms with Crippen LogP contribution in [0.4, 0.5) is 0 Å². The van der Waals surface area contributed by atoms with Gasteiger partial charge in [-0.15, -0.1) is 11.6 Å². The molecule has 0 saturated carbocycles. The molecule has 0 fully saturated rings. The van der Waals surface area contributed by atoms with Crippen molar-refractivity contribution in [2.75, 3.05) is 24.8 Å². The predicted octanol–water partition coefficient (Wildman–Crippen LogP) is 2.09. The zero-order chi connectivity index (χ0) is 13.9. The molecule has 0 radical (unpaired) electrons. The van der Waals surface area contributed by atoms with E-state index < -0.39 is 10.0 Å². The average molecular weight is 304 g/mol. The van der Waals surface area contributed by atoms with E-state index in [9.17, 15) is 8.42 Å². The highest BCUT2D eigenvalue weighted by Crippen LogP contribution is 2.24. The summed E-state index contributed by atoms with van der Waals surface area (Å²) in [7, 11) is -3.29. The Kier molecular flexibility index (Phi) is 4.71. The van der Waals surface area contributed by atoms with Gasteiger partial charge in [-0.25, -0.2) is 8.42 Å². The zero-order valence-corrected chi connectivity index (χ0v) is 12.5. The van der Waals surface area contributed by atoms with Crippen molar-refractivity contribution >= 4 is 21.6 Å². The predicted molar refractivity (Wildman–Crippen MR) is 76.0 cm³/mol. The highest BCUT2D eigenvalue weighted by molar-refractivity contribution is 7.89. The molecule has 0 saturated heterocycles. The van der Waals surface area contributed by atoms with Crippen LogP contribution in [0.3, 0.4) is 0 Å². The van der Waals surface area contributed by atoms with Crippen molar-refractivity contribution in [3.05, 3.63) is 29.8 Å². The summed E-state index contributed by atoms with van der Waals surface area (Å²) in [6.07, 6.45) is 0. The van der Waals surface area contributed by atoms with Crippen LogP contribution < -0.4 is 4.74 Å². The Labute approximate surface area is 119 Å². The molecule has 1 aromatic carbocycles. The average Bonchev–Trinajstić information content (AvgIpc) is 2.60. The summed E-state index contributed by atoms with van der Waals surface area (Å²) in [5, 5.41) is 0. The second kappa shape index (κ2) is 6.11. The molecular formula is C13H18ClNO3S. The highest BCUT2D eigenvalue weighted by atomic mass is 35.5. The Hall–Kier alpha value is -0.780. The Bertz CT molecular complexity index is 532. The smallest absolute Gasteiger partial charge is 0.214 e. The maximum atomic E-state index is 12.3. The first-order valence-electron chi connectivity index (χ1n) is 6.27. The van der Waals surface area contributed by atoms with Crippen LogP contribution in [0.15, 0.2) is 24.3 Å². The van der Waals surface area contributed by atoms with Crippen LogP contribution in [0.5, 0.6) is 5.75 Å². The third-order valence-corrected chi connectivity index (χ3v) is 5.69. The summed E-state index contributed by atoms with van der Waals surface area (Å²) in [5.41, 5.74) is 0.905. The molecule has 0 amide bonds. The minimum absolute atomic E-state index is 0.0499. The number of sulfonamides is 1. The Balaban J connectivity index is 2.18. The van der Waals surface area contributed by atoms with Gasteiger partial charge in [-0.2, -0.15) is 4.31 Å². The van der Waals surface area contributed by atoms with Crippen LogP contribution in [-0.2, 0) is 16.6 Å². The van der Waals surface area contributed by atoms with Crippen LogP contribution >= 0.6 is 11.6 Å². The van der Waals surface area contributed by atoms with Crippen molar-refractivity contribution < 1.29 is 13.2 Å². The normalized spacial score (nSPS) is 18.2. The SMILES string of the molecule is CC(CCl)CS(=O)(=O)N1CCOc2ccccc2C1. The molecule has 1 atom stereocenters. The lowest BCUT2D eigenvalue weighted by Crippen LogP contribution is -2.36. The number of hydrogen-bond donors (Lipinski definition) is 0. The molecule has 106 valence electrons. The molecule has 4 nitrogen and oxygen atoms in total. The molecule has 1 aromatic rings. The Morgan fingerprint density at radius 1 is 1.42 bits per heavy atom. The number of alkyl halides is 1. The number of halogens is 1. The van der Waals surface area contributed by atoms with Gasteiger partial charge in [0, 0.05) is 24.5 Å². The number of ether oxygens (including phenoxy) is 1. The van der Waals surface area contributed by atoms with E-state index in [0.29, 0.717) is 25.6 Å². The third-order valence-electron chi connectivity index (χ3n) is 3.07. The van der Waals surface area contributed by atoms with Gasteiger partial charge in [0.25, 0.3) is 0 Å². The monoisotopic (exact) mass is 303 g/mol. The summed E-state index contributed by atoms with van der Waals surface area (Å²) in [4.78, 5) is 0. The van der Waals surface area contributed by atoms with Gasteiger partial charge < -0.3 is 4.74 Å². The largest absolute Gasteiger partial charge is 0.492 e. The van der Waals surface area contributed by atoms with Crippen molar-refractivity contribution in [1.29, 1.82) is 0 Å². The van der Waals surface area contributed by atoms with Crippen molar-refractivity contribution in [2.45, 2.75) is 13.5 Å². The summed E-state index contributed by atoms with van der Waals surface area (Å²) in [5.74, 6) is 1.15. The van der Waals surface area contributed by atoms with Crippen molar-refractivity contribution in [3.8, 4) is 5.75 Å². The van der Waals surface area contributed by atoms with Crippen LogP contribution in [0.1, 0.15) is 12.5 Å². The van der Waals surface area contributed by atoms with Gasteiger partial charge in [-0.1, -0.05) is 25.1 Å². The summed E-state index contributed by atoms with van der Waals surface area (Å²) >= 11 is 5.70. The summed E-state index contributed by atoms with van der Waals surface area (Å²) in [6, 6.07) is 7.54. The first kappa shape index (κ1) is 14.6. The highest BCUT2D eigenvalue weighted by Gasteiger charge is 2.27. The van der Waals surface area contributed by atoms with E-state index in [4.69, 9.17) is 16.3 Å². The fraction of sp³-hybridized carbons (Fsp3) is 0.538. The molecule has 0 bridgehead atoms. The number of benzene rings is 1. The van der Waals surface area contributed by atoms with E-state index >= 15 is 0 Å². The van der Waals surface area contributed by atoms with Gasteiger partial charge in [0.15, 0.2) is 0 Å². The van der Waals surface area contributed by atoms with Gasteiger partial charge in [0.2, 0.25) is 10.0 Å². The number of rotatable bonds is 4. The van der Waals surface area contributed by atoms with Crippen LogP contribution in [-0.4, -0.2) is 37.5 Å². The van der Waals surface area contributed by atoms with Gasteiger partial charge >= 0.3 is 0 Å². The topological polar surface area (TPSA) is 46.6 Å². The molecular weight excluding hydrogens is 286 g/mol. The molecule has 1 unspecified atom stereocenters. The lowest BCUT2D eigenvalue weighted by Gasteiger charge is -2.21. The van der Waals surface area contributed by atoms with Crippen molar-refractivity contribution in [1.82, 2.24) is 4.31 Å². The van der Waals surface area contributed by atoms with E-state index in [2.05, 4.69) is 0 Å². The number of nitrogens with zero attached hydrogens (tertiary/aromatic N) is 1. The van der Waals surface area contributed by atoms with Crippen LogP contribution in [0.25, 0.3) is 0 Å². The minimum Gasteiger partial charge on any atom is -0.492 e. The van der Waals surface area contributed by atoms with Crippen LogP contribution in [0, 0.1) is 5.92 Å². The second-order valence-corrected chi connectivity index (χ2v) is 7.15. The van der Waals surface area contributed by atoms with Gasteiger partial charge in [0.1, 0.15) is 12.4 Å². The van der Waals surface area contributed by atoms with E-state index in [-0.39, 0.29) is 11.7 Å². The lowest BCUT2D eigenvalue weighted by molar-refractivity contribution is 0.292. The molecule has 0 spiro atoms. The van der Waals surface area contributed by atoms with Crippen LogP contribution in [0.2, 0.25) is 0 Å². The lowest BCUT2D eigenvalue weighted by atomic mass is 10.2. The Morgan fingerprint density at radius 3 is 2.89 bits per heavy atom. The molecule has 0 aliphatic carbocycles. The fourth-order valence-electron chi connectivity index (χ4n) is 2.05. The molecule has 2 rings (SSSR count). The fourth-order valence-corrected chi connectivity index (χ4v) is 4.02. The maximum Gasteiger partial charge on any atom is 0.214 e. The van der Waals surface area contributed by atoms with Gasteiger partial charge in [-0.3, -0.25) is 0 Å². The van der Waals surface area contributed by atoms with Crippen molar-refractivity contribution in [3.63, 3.8) is 0 Å². The first-order valence-corrected chi connectivity index (χ1v) is 8.42. The summed E-state index contributed by atoms with van der Waals surface area (Å²) < 4.78 is 31.7. The van der Waals surface area contributed by atoms with E-state index in [1.54, 1.807) is 0 Å². The number of para-hydroxylation sites is 1. The van der Waals surface area contributed by atoms with E-state index in [1.165, 1.54) is 4.31 Å². The quantitative estimate of drug-likeness (QED) is 0.800. The molecule has 1 heterocycles. The second-order valence-electron chi connectivity index (χ2n) is 4.83. The minimum atomic E-state index is -3.29. The standard InChI is InChI=1S/C13H18ClNO3S/c1-11(8-14)10-19(16,17)15-6-7-18-13-5-3-2-4-12(13)9-15/h2-5,11H,6-10H2,1H3. The van der Waals surface area contributed by atoms with Gasteiger partial charge in [-0.05, 0) is 12.0 Å². The van der Waals surface area contributed by atoms with Crippen molar-refractivity contribution in [2.24, 2.45) is 5.92 Å². The summed E-state index contributed by atoms with van der Waals surface area (Å²) in [6.45, 7) is 2.97. The first-order chi connectivity index (χ1) is 9.03. The maximum absolute atomic E-state index is 12.3. The molecule has 6 heteroatoms. The number of hydrogen-bond acceptors (Lipinski definition) is 3. The molecule has 1 aliphatic heterocycles. The molecule has 1 aliphatic rings. The molecule has 0 N–H and O–H groups in total. The van der Waals surface area contributed by atoms with Gasteiger partial charge in [0.05, 0.1) is 5.75 Å².